The molecule has 3 aromatic rings. The quantitative estimate of drug-likeness (QED) is 0.285. The molecule has 11 heteroatoms. The number of methoxy groups -OCH3 is 1. The molecule has 4 rings (SSSR count). The third-order valence-corrected chi connectivity index (χ3v) is 8.66. The molecule has 9 nitrogen and oxygen atoms in total. The number of amides is 2. The molecule has 0 bridgehead atoms. The maximum atomic E-state index is 13.4. The summed E-state index contributed by atoms with van der Waals surface area (Å²) in [5.74, 6) is 0.382. The van der Waals surface area contributed by atoms with Crippen molar-refractivity contribution in [3.63, 3.8) is 0 Å². The van der Waals surface area contributed by atoms with E-state index in [-0.39, 0.29) is 18.2 Å². The number of nitrogens with one attached hydrogen (secondary N) is 1. The second-order valence-corrected chi connectivity index (χ2v) is 11.1. The van der Waals surface area contributed by atoms with E-state index in [1.165, 1.54) is 24.4 Å². The molecule has 1 N–H and O–H groups in total. The van der Waals surface area contributed by atoms with Crippen molar-refractivity contribution in [1.29, 1.82) is 0 Å². The molecule has 0 atom stereocenters. The van der Waals surface area contributed by atoms with Crippen LogP contribution in [0.2, 0.25) is 10.0 Å². The van der Waals surface area contributed by atoms with Crippen LogP contribution in [0.25, 0.3) is 0 Å². The third-order valence-electron chi connectivity index (χ3n) is 7.78. The van der Waals surface area contributed by atoms with Gasteiger partial charge in [0.05, 0.1) is 24.2 Å². The van der Waals surface area contributed by atoms with Gasteiger partial charge in [-0.1, -0.05) is 43.6 Å². The van der Waals surface area contributed by atoms with Crippen molar-refractivity contribution in [2.75, 3.05) is 62.0 Å². The standard InChI is InChI=1S/C32H38Cl2N6O3/c1-6-21-17-27(43-5)32(34)25(31(21)33)19-30(42)38(4)28-18-23(35-20-36-28)15-22-16-24(9-10-26(22)37-29(41)7-2)40-13-11-39(8-3)12-14-40/h7,9-10,16-18,20H,2,6,8,11-15,19H2,1,3-5H3,(H,37,41). The van der Waals surface area contributed by atoms with Crippen LogP contribution in [0.4, 0.5) is 17.2 Å². The van der Waals surface area contributed by atoms with Crippen LogP contribution < -0.4 is 19.9 Å². The van der Waals surface area contributed by atoms with Crippen LogP contribution in [0.3, 0.4) is 0 Å². The first-order chi connectivity index (χ1) is 20.7. The lowest BCUT2D eigenvalue weighted by Crippen LogP contribution is -2.46. The molecule has 0 aliphatic carbocycles. The highest BCUT2D eigenvalue weighted by molar-refractivity contribution is 6.37. The number of aryl methyl sites for hydroxylation is 1. The normalized spacial score (nSPS) is 13.5. The Morgan fingerprint density at radius 3 is 2.47 bits per heavy atom. The number of anilines is 3. The average molecular weight is 626 g/mol. The van der Waals surface area contributed by atoms with Gasteiger partial charge in [0.1, 0.15) is 17.9 Å². The summed E-state index contributed by atoms with van der Waals surface area (Å²) in [6.07, 6.45) is 3.74. The van der Waals surface area contributed by atoms with Gasteiger partial charge < -0.3 is 19.9 Å². The van der Waals surface area contributed by atoms with E-state index in [0.717, 1.165) is 49.5 Å². The fourth-order valence-electron chi connectivity index (χ4n) is 5.09. The van der Waals surface area contributed by atoms with Crippen molar-refractivity contribution >= 4 is 52.2 Å². The number of halogens is 2. The number of piperazine rings is 1. The number of rotatable bonds is 11. The van der Waals surface area contributed by atoms with E-state index in [1.54, 1.807) is 19.2 Å². The van der Waals surface area contributed by atoms with E-state index >= 15 is 0 Å². The fraction of sp³-hybridized carbons (Fsp3) is 0.375. The van der Waals surface area contributed by atoms with Crippen molar-refractivity contribution < 1.29 is 14.3 Å². The molecule has 1 aliphatic heterocycles. The van der Waals surface area contributed by atoms with Crippen LogP contribution in [-0.4, -0.2) is 73.6 Å². The van der Waals surface area contributed by atoms with Crippen molar-refractivity contribution in [1.82, 2.24) is 14.9 Å². The molecule has 1 aliphatic rings. The number of ether oxygens (including phenoxy) is 1. The monoisotopic (exact) mass is 624 g/mol. The van der Waals surface area contributed by atoms with Crippen molar-refractivity contribution in [2.24, 2.45) is 0 Å². The second kappa shape index (κ2) is 14.7. The first-order valence-corrected chi connectivity index (χ1v) is 15.1. The van der Waals surface area contributed by atoms with Gasteiger partial charge in [0.15, 0.2) is 0 Å². The molecule has 0 radical (unpaired) electrons. The number of benzene rings is 2. The number of likely N-dealkylation sites (N-methyl/N-ethyl adjacent to an activating group) is 2. The number of carbonyl (C=O) groups excluding carboxylic acids is 2. The number of carbonyl (C=O) groups is 2. The topological polar surface area (TPSA) is 90.9 Å². The Morgan fingerprint density at radius 1 is 1.07 bits per heavy atom. The lowest BCUT2D eigenvalue weighted by molar-refractivity contribution is -0.117. The Bertz CT molecular complexity index is 1460. The molecule has 2 aromatic carbocycles. The van der Waals surface area contributed by atoms with Crippen LogP contribution in [0.5, 0.6) is 5.75 Å². The Kier molecular flexibility index (Phi) is 11.0. The smallest absolute Gasteiger partial charge is 0.247 e. The molecule has 0 spiro atoms. The van der Waals surface area contributed by atoms with Crippen molar-refractivity contribution in [3.05, 3.63) is 81.7 Å². The maximum Gasteiger partial charge on any atom is 0.247 e. The molecule has 1 aromatic heterocycles. The van der Waals surface area contributed by atoms with Gasteiger partial charge in [0, 0.05) is 67.7 Å². The molecule has 1 fully saturated rings. The lowest BCUT2D eigenvalue weighted by Gasteiger charge is -2.35. The maximum absolute atomic E-state index is 13.4. The highest BCUT2D eigenvalue weighted by Crippen LogP contribution is 2.37. The molecule has 0 saturated carbocycles. The molecular formula is C32H38Cl2N6O3. The van der Waals surface area contributed by atoms with Crippen molar-refractivity contribution in [3.8, 4) is 5.75 Å². The SMILES string of the molecule is C=CC(=O)Nc1ccc(N2CCN(CC)CC2)cc1Cc1cc(N(C)C(=O)Cc2c(Cl)c(CC)cc(OC)c2Cl)ncn1. The number of nitrogens with zero attached hydrogens (tertiary/aromatic N) is 5. The highest BCUT2D eigenvalue weighted by Gasteiger charge is 2.22. The largest absolute Gasteiger partial charge is 0.495 e. The number of hydrogen-bond donors (Lipinski definition) is 1. The minimum Gasteiger partial charge on any atom is -0.495 e. The molecular weight excluding hydrogens is 587 g/mol. The Morgan fingerprint density at radius 2 is 1.81 bits per heavy atom. The van der Waals surface area contributed by atoms with Gasteiger partial charge in [-0.15, -0.1) is 0 Å². The van der Waals surface area contributed by atoms with Gasteiger partial charge in [0.25, 0.3) is 0 Å². The molecule has 2 amide bonds. The van der Waals surface area contributed by atoms with E-state index in [2.05, 4.69) is 44.7 Å². The molecule has 1 saturated heterocycles. The number of hydrogen-bond acceptors (Lipinski definition) is 7. The van der Waals surface area contributed by atoms with Gasteiger partial charge in [-0.25, -0.2) is 9.97 Å². The Labute approximate surface area is 263 Å². The number of aromatic nitrogens is 2. The van der Waals surface area contributed by atoms with E-state index < -0.39 is 0 Å². The minimum absolute atomic E-state index is 0.0250. The summed E-state index contributed by atoms with van der Waals surface area (Å²) in [4.78, 5) is 40.7. The summed E-state index contributed by atoms with van der Waals surface area (Å²) >= 11 is 13.2. The summed E-state index contributed by atoms with van der Waals surface area (Å²) < 4.78 is 5.41. The van der Waals surface area contributed by atoms with Crippen LogP contribution >= 0.6 is 23.2 Å². The second-order valence-electron chi connectivity index (χ2n) is 10.3. The zero-order valence-electron chi connectivity index (χ0n) is 25.1. The van der Waals surface area contributed by atoms with Crippen LogP contribution in [0.1, 0.15) is 36.2 Å². The van der Waals surface area contributed by atoms with E-state index in [9.17, 15) is 9.59 Å². The average Bonchev–Trinajstić information content (AvgIpc) is 3.03. The molecule has 43 heavy (non-hydrogen) atoms. The van der Waals surface area contributed by atoms with Crippen LogP contribution in [0, 0.1) is 0 Å². The van der Waals surface area contributed by atoms with Gasteiger partial charge in [-0.3, -0.25) is 14.5 Å². The Hall–Kier alpha value is -3.66. The fourth-order valence-corrected chi connectivity index (χ4v) is 5.79. The predicted molar refractivity (Wildman–Crippen MR) is 174 cm³/mol. The van der Waals surface area contributed by atoms with Crippen molar-refractivity contribution in [2.45, 2.75) is 33.1 Å². The first-order valence-electron chi connectivity index (χ1n) is 14.3. The molecule has 2 heterocycles. The molecule has 228 valence electrons. The highest BCUT2D eigenvalue weighted by atomic mass is 35.5. The minimum atomic E-state index is -0.291. The van der Waals surface area contributed by atoms with Gasteiger partial charge in [0.2, 0.25) is 11.8 Å². The van der Waals surface area contributed by atoms with Gasteiger partial charge in [-0.2, -0.15) is 0 Å². The zero-order valence-corrected chi connectivity index (χ0v) is 26.6. The Balaban J connectivity index is 1.58. The zero-order chi connectivity index (χ0) is 31.1. The van der Waals surface area contributed by atoms with E-state index in [0.29, 0.717) is 51.4 Å². The summed E-state index contributed by atoms with van der Waals surface area (Å²) in [5, 5.41) is 3.69. The summed E-state index contributed by atoms with van der Waals surface area (Å²) in [5.41, 5.74) is 4.72. The summed E-state index contributed by atoms with van der Waals surface area (Å²) in [6.45, 7) is 12.6. The summed E-state index contributed by atoms with van der Waals surface area (Å²) in [6, 6.07) is 9.61. The van der Waals surface area contributed by atoms with Gasteiger partial charge >= 0.3 is 0 Å². The van der Waals surface area contributed by atoms with Gasteiger partial charge in [-0.05, 0) is 54.4 Å². The van der Waals surface area contributed by atoms with E-state index in [1.807, 2.05) is 19.1 Å². The van der Waals surface area contributed by atoms with E-state index in [4.69, 9.17) is 27.9 Å². The third kappa shape index (κ3) is 7.65. The predicted octanol–water partition coefficient (Wildman–Crippen LogP) is 5.42. The van der Waals surface area contributed by atoms with Crippen LogP contribution in [0.15, 0.2) is 49.3 Å². The van der Waals surface area contributed by atoms with Crippen LogP contribution in [-0.2, 0) is 28.9 Å². The summed E-state index contributed by atoms with van der Waals surface area (Å²) in [7, 11) is 3.19. The first kappa shape index (κ1) is 32.3. The molecule has 0 unspecified atom stereocenters. The lowest BCUT2D eigenvalue weighted by atomic mass is 10.0.